The van der Waals surface area contributed by atoms with Crippen LogP contribution in [0, 0.1) is 5.82 Å². The Morgan fingerprint density at radius 2 is 2.00 bits per heavy atom. The molecule has 1 amide bonds. The molecule has 0 unspecified atom stereocenters. The molecule has 0 atom stereocenters. The van der Waals surface area contributed by atoms with Gasteiger partial charge in [0.15, 0.2) is 11.6 Å². The van der Waals surface area contributed by atoms with E-state index in [9.17, 15) is 9.18 Å². The topological polar surface area (TPSA) is 32.8 Å². The van der Waals surface area contributed by atoms with Crippen LogP contribution in [0.25, 0.3) is 0 Å². The molecule has 19 heavy (non-hydrogen) atoms. The molecule has 1 aliphatic rings. The van der Waals surface area contributed by atoms with Crippen molar-refractivity contribution in [1.29, 1.82) is 0 Å². The van der Waals surface area contributed by atoms with Crippen molar-refractivity contribution in [3.63, 3.8) is 0 Å². The van der Waals surface area contributed by atoms with Crippen molar-refractivity contribution in [3.8, 4) is 5.75 Å². The predicted octanol–water partition coefficient (Wildman–Crippen LogP) is 1.89. The van der Waals surface area contributed by atoms with Gasteiger partial charge in [0.2, 0.25) is 5.91 Å². The van der Waals surface area contributed by atoms with Crippen molar-refractivity contribution < 1.29 is 13.9 Å². The number of rotatable bonds is 3. The molecule has 0 aliphatic carbocycles. The van der Waals surface area contributed by atoms with Crippen LogP contribution in [0.3, 0.4) is 0 Å². The lowest BCUT2D eigenvalue weighted by atomic mass is 10.2. The Labute approximate surface area is 112 Å². The van der Waals surface area contributed by atoms with E-state index in [0.29, 0.717) is 19.5 Å². The van der Waals surface area contributed by atoms with Crippen LogP contribution in [0.5, 0.6) is 5.75 Å². The van der Waals surface area contributed by atoms with Gasteiger partial charge >= 0.3 is 0 Å². The molecule has 4 nitrogen and oxygen atoms in total. The third-order valence-corrected chi connectivity index (χ3v) is 3.43. The molecule has 0 radical (unpaired) electrons. The van der Waals surface area contributed by atoms with Crippen LogP contribution in [0.4, 0.5) is 10.1 Å². The average molecular weight is 266 g/mol. The third kappa shape index (κ3) is 2.97. The average Bonchev–Trinajstić information content (AvgIpc) is 2.47. The van der Waals surface area contributed by atoms with Gasteiger partial charge in [0.05, 0.1) is 7.11 Å². The minimum Gasteiger partial charge on any atom is -0.494 e. The van der Waals surface area contributed by atoms with Crippen molar-refractivity contribution in [3.05, 3.63) is 24.0 Å². The van der Waals surface area contributed by atoms with Crippen LogP contribution >= 0.6 is 0 Å². The molecular weight excluding hydrogens is 247 g/mol. The maximum absolute atomic E-state index is 13.4. The van der Waals surface area contributed by atoms with Gasteiger partial charge in [0.25, 0.3) is 0 Å². The molecule has 104 valence electrons. The summed E-state index contributed by atoms with van der Waals surface area (Å²) in [4.78, 5) is 15.6. The second kappa shape index (κ2) is 5.91. The van der Waals surface area contributed by atoms with Gasteiger partial charge in [0, 0.05) is 44.4 Å². The highest BCUT2D eigenvalue weighted by atomic mass is 19.1. The molecule has 1 aliphatic heterocycles. The summed E-state index contributed by atoms with van der Waals surface area (Å²) in [5, 5.41) is 0. The van der Waals surface area contributed by atoms with E-state index in [1.165, 1.54) is 13.2 Å². The number of benzene rings is 1. The maximum Gasteiger partial charge on any atom is 0.222 e. The summed E-state index contributed by atoms with van der Waals surface area (Å²) in [7, 11) is 1.46. The van der Waals surface area contributed by atoms with Gasteiger partial charge in [-0.1, -0.05) is 6.92 Å². The van der Waals surface area contributed by atoms with Crippen molar-refractivity contribution in [1.82, 2.24) is 4.90 Å². The van der Waals surface area contributed by atoms with E-state index in [0.717, 1.165) is 18.8 Å². The highest BCUT2D eigenvalue weighted by Crippen LogP contribution is 2.25. The number of carbonyl (C=O) groups is 1. The first-order chi connectivity index (χ1) is 9.15. The molecule has 0 spiro atoms. The van der Waals surface area contributed by atoms with E-state index in [4.69, 9.17) is 4.74 Å². The van der Waals surface area contributed by atoms with Gasteiger partial charge in [-0.05, 0) is 12.1 Å². The molecule has 0 saturated carbocycles. The lowest BCUT2D eigenvalue weighted by Crippen LogP contribution is -2.48. The van der Waals surface area contributed by atoms with Crippen molar-refractivity contribution in [2.24, 2.45) is 0 Å². The first kappa shape index (κ1) is 13.6. The Hall–Kier alpha value is -1.78. The quantitative estimate of drug-likeness (QED) is 0.837. The molecule has 0 aromatic heterocycles. The molecule has 1 aromatic carbocycles. The standard InChI is InChI=1S/C14H19FN2O2/c1-3-14(18)17-8-6-16(7-9-17)11-4-5-12(15)13(10-11)19-2/h4-5,10H,3,6-9H2,1-2H3. The minimum absolute atomic E-state index is 0.191. The van der Waals surface area contributed by atoms with Gasteiger partial charge in [-0.15, -0.1) is 0 Å². The summed E-state index contributed by atoms with van der Waals surface area (Å²) in [5.41, 5.74) is 0.932. The van der Waals surface area contributed by atoms with E-state index >= 15 is 0 Å². The Morgan fingerprint density at radius 1 is 1.32 bits per heavy atom. The van der Waals surface area contributed by atoms with E-state index in [1.807, 2.05) is 11.8 Å². The zero-order valence-electron chi connectivity index (χ0n) is 11.4. The van der Waals surface area contributed by atoms with Gasteiger partial charge < -0.3 is 14.5 Å². The van der Waals surface area contributed by atoms with Crippen molar-refractivity contribution in [2.45, 2.75) is 13.3 Å². The Bertz CT molecular complexity index is 457. The summed E-state index contributed by atoms with van der Waals surface area (Å²) in [6, 6.07) is 4.86. The first-order valence-corrected chi connectivity index (χ1v) is 6.52. The predicted molar refractivity (Wildman–Crippen MR) is 72.0 cm³/mol. The van der Waals surface area contributed by atoms with Crippen LogP contribution in [-0.4, -0.2) is 44.1 Å². The highest BCUT2D eigenvalue weighted by Gasteiger charge is 2.20. The van der Waals surface area contributed by atoms with Crippen LogP contribution in [0.15, 0.2) is 18.2 Å². The zero-order chi connectivity index (χ0) is 13.8. The summed E-state index contributed by atoms with van der Waals surface area (Å²) >= 11 is 0. The number of nitrogens with zero attached hydrogens (tertiary/aromatic N) is 2. The Balaban J connectivity index is 2.03. The molecule has 5 heteroatoms. The lowest BCUT2D eigenvalue weighted by Gasteiger charge is -2.36. The number of halogens is 1. The van der Waals surface area contributed by atoms with Crippen LogP contribution in [0.2, 0.25) is 0 Å². The number of hydrogen-bond acceptors (Lipinski definition) is 3. The molecule has 0 bridgehead atoms. The van der Waals surface area contributed by atoms with Gasteiger partial charge in [-0.2, -0.15) is 0 Å². The maximum atomic E-state index is 13.4. The largest absolute Gasteiger partial charge is 0.494 e. The molecule has 1 aromatic rings. The number of carbonyl (C=O) groups excluding carboxylic acids is 1. The Morgan fingerprint density at radius 3 is 2.58 bits per heavy atom. The van der Waals surface area contributed by atoms with Crippen molar-refractivity contribution in [2.75, 3.05) is 38.2 Å². The molecule has 0 N–H and O–H groups in total. The summed E-state index contributed by atoms with van der Waals surface area (Å²) in [6.45, 7) is 4.83. The number of ether oxygens (including phenoxy) is 1. The van der Waals surface area contributed by atoms with E-state index < -0.39 is 0 Å². The van der Waals surface area contributed by atoms with Crippen LogP contribution < -0.4 is 9.64 Å². The van der Waals surface area contributed by atoms with Crippen LogP contribution in [0.1, 0.15) is 13.3 Å². The fourth-order valence-corrected chi connectivity index (χ4v) is 2.28. The van der Waals surface area contributed by atoms with Gasteiger partial charge in [-0.3, -0.25) is 4.79 Å². The second-order valence-corrected chi connectivity index (χ2v) is 4.54. The highest BCUT2D eigenvalue weighted by molar-refractivity contribution is 5.76. The van der Waals surface area contributed by atoms with Gasteiger partial charge in [0.1, 0.15) is 0 Å². The minimum atomic E-state index is -0.356. The molecule has 1 fully saturated rings. The van der Waals surface area contributed by atoms with E-state index in [-0.39, 0.29) is 17.5 Å². The monoisotopic (exact) mass is 266 g/mol. The zero-order valence-corrected chi connectivity index (χ0v) is 11.4. The number of hydrogen-bond donors (Lipinski definition) is 0. The molecule has 1 saturated heterocycles. The molecule has 1 heterocycles. The molecule has 2 rings (SSSR count). The second-order valence-electron chi connectivity index (χ2n) is 4.54. The smallest absolute Gasteiger partial charge is 0.222 e. The van der Waals surface area contributed by atoms with Crippen molar-refractivity contribution >= 4 is 11.6 Å². The fraction of sp³-hybridized carbons (Fsp3) is 0.500. The number of piperazine rings is 1. The Kier molecular flexibility index (Phi) is 4.24. The number of amides is 1. The van der Waals surface area contributed by atoms with E-state index in [2.05, 4.69) is 4.90 Å². The normalized spacial score (nSPS) is 15.5. The fourth-order valence-electron chi connectivity index (χ4n) is 2.28. The summed E-state index contributed by atoms with van der Waals surface area (Å²) in [6.07, 6.45) is 0.546. The summed E-state index contributed by atoms with van der Waals surface area (Å²) in [5.74, 6) is 0.0898. The SMILES string of the molecule is CCC(=O)N1CCN(c2ccc(F)c(OC)c2)CC1. The number of anilines is 1. The van der Waals surface area contributed by atoms with Crippen LogP contribution in [-0.2, 0) is 4.79 Å². The van der Waals surface area contributed by atoms with E-state index in [1.54, 1.807) is 12.1 Å². The third-order valence-electron chi connectivity index (χ3n) is 3.43. The lowest BCUT2D eigenvalue weighted by molar-refractivity contribution is -0.131. The van der Waals surface area contributed by atoms with Gasteiger partial charge in [-0.25, -0.2) is 4.39 Å². The summed E-state index contributed by atoms with van der Waals surface area (Å²) < 4.78 is 18.3. The number of methoxy groups -OCH3 is 1. The molecular formula is C14H19FN2O2. The first-order valence-electron chi connectivity index (χ1n) is 6.52.